The summed E-state index contributed by atoms with van der Waals surface area (Å²) in [4.78, 5) is 15.5. The second-order valence-electron chi connectivity index (χ2n) is 3.40. The van der Waals surface area contributed by atoms with Gasteiger partial charge < -0.3 is 9.30 Å². The fourth-order valence-electron chi connectivity index (χ4n) is 1.64. The fraction of sp³-hybridized carbons (Fsp3) is 0.636. The zero-order valence-electron chi connectivity index (χ0n) is 14.4. The average Bonchev–Trinajstić information content (AvgIpc) is 2.87. The first-order chi connectivity index (χ1) is 9.52. The smallest absolute Gasteiger partial charge is 0.309 e. The number of aromatic nitrogens is 2. The average molecular weight is 214 g/mol. The van der Waals surface area contributed by atoms with Crippen LogP contribution in [0.3, 0.4) is 0 Å². The third-order valence-corrected chi connectivity index (χ3v) is 2.49. The number of hydrogen-bond acceptors (Lipinski definition) is 3. The molecule has 0 saturated carbocycles. The van der Waals surface area contributed by atoms with E-state index in [1.54, 1.807) is 6.92 Å². The molecule has 2 atom stereocenters. The molecule has 1 saturated heterocycles. The van der Waals surface area contributed by atoms with E-state index in [2.05, 4.69) is 9.72 Å². The lowest BCUT2D eigenvalue weighted by atomic mass is 9.89. The molecule has 1 aliphatic heterocycles. The minimum Gasteiger partial charge on any atom is -0.465 e. The Labute approximate surface area is 97.7 Å². The summed E-state index contributed by atoms with van der Waals surface area (Å²) in [7, 11) is 0. The van der Waals surface area contributed by atoms with E-state index >= 15 is 0 Å². The Balaban J connectivity index is 2.38. The second kappa shape index (κ2) is 4.04. The molecule has 15 heavy (non-hydrogen) atoms. The van der Waals surface area contributed by atoms with Crippen LogP contribution in [-0.4, -0.2) is 22.1 Å². The van der Waals surface area contributed by atoms with Crippen LogP contribution in [0.25, 0.3) is 0 Å². The van der Waals surface area contributed by atoms with E-state index in [-0.39, 0.29) is 18.5 Å². The first-order valence-electron chi connectivity index (χ1n) is 7.77. The van der Waals surface area contributed by atoms with Gasteiger partial charge in [-0.1, -0.05) is 6.92 Å². The summed E-state index contributed by atoms with van der Waals surface area (Å²) in [5.74, 6) is -3.74. The minimum absolute atomic E-state index is 0.0813. The van der Waals surface area contributed by atoms with Crippen molar-refractivity contribution in [1.29, 1.82) is 0 Å². The number of imidazole rings is 1. The summed E-state index contributed by atoms with van der Waals surface area (Å²) in [5, 5.41) is 0. The topological polar surface area (TPSA) is 44.1 Å². The monoisotopic (exact) mass is 214 g/mol. The predicted octanol–water partition coefficient (Wildman–Crippen LogP) is 1.16. The minimum atomic E-state index is -2.45. The van der Waals surface area contributed by atoms with Gasteiger partial charge in [0.05, 0.1) is 21.5 Å². The molecule has 4 nitrogen and oxygen atoms in total. The summed E-state index contributed by atoms with van der Waals surface area (Å²) in [6, 6.07) is 0. The van der Waals surface area contributed by atoms with Crippen LogP contribution in [0.15, 0.2) is 12.5 Å². The highest BCUT2D eigenvalue weighted by molar-refractivity contribution is 5.74. The van der Waals surface area contributed by atoms with E-state index in [1.165, 1.54) is 6.20 Å². The number of carbonyl (C=O) groups is 1. The number of carbonyl (C=O) groups excluding carboxylic acids is 1. The molecule has 0 unspecified atom stereocenters. The van der Waals surface area contributed by atoms with Gasteiger partial charge in [-0.2, -0.15) is 0 Å². The normalized spacial score (nSPS) is 40.6. The van der Waals surface area contributed by atoms with Gasteiger partial charge in [0.15, 0.2) is 0 Å². The molecule has 4 heteroatoms. The van der Waals surface area contributed by atoms with Crippen molar-refractivity contribution in [3.05, 3.63) is 18.2 Å². The molecule has 0 spiro atoms. The van der Waals surface area contributed by atoms with Gasteiger partial charge in [-0.15, -0.1) is 0 Å². The lowest BCUT2D eigenvalue weighted by molar-refractivity contribution is -0.141. The molecule has 1 aromatic rings. The summed E-state index contributed by atoms with van der Waals surface area (Å²) < 4.78 is 51.6. The molecule has 1 aromatic heterocycles. The Morgan fingerprint density at radius 3 is 3.53 bits per heavy atom. The van der Waals surface area contributed by atoms with Crippen molar-refractivity contribution in [3.8, 4) is 0 Å². The van der Waals surface area contributed by atoms with E-state index in [4.69, 9.17) is 8.22 Å². The second-order valence-corrected chi connectivity index (χ2v) is 3.40. The Morgan fingerprint density at radius 1 is 1.93 bits per heavy atom. The number of cyclic esters (lactones) is 1. The standard InChI is InChI=1S/C11H16N2O2/c1-3-10-8(6-15-11(10)14)4-9-5-12-7-13(9)2/h5,7-8,10H,3-4,6H2,1-2H3/t8-,10-/m0/s1/i2D3,6D2,10D. The Morgan fingerprint density at radius 2 is 2.80 bits per heavy atom. The molecule has 0 aliphatic carbocycles. The number of ether oxygens (including phenoxy) is 1. The molecule has 1 fully saturated rings. The molecule has 82 valence electrons. The molecule has 0 radical (unpaired) electrons. The van der Waals surface area contributed by atoms with Gasteiger partial charge in [-0.25, -0.2) is 4.98 Å². The maximum Gasteiger partial charge on any atom is 0.309 e. The van der Waals surface area contributed by atoms with Crippen LogP contribution in [0.4, 0.5) is 0 Å². The maximum absolute atomic E-state index is 11.8. The van der Waals surface area contributed by atoms with Gasteiger partial charge in [0.25, 0.3) is 0 Å². The number of aryl methyl sites for hydroxylation is 1. The van der Waals surface area contributed by atoms with E-state index in [1.807, 2.05) is 0 Å². The molecule has 2 heterocycles. The largest absolute Gasteiger partial charge is 0.465 e. The van der Waals surface area contributed by atoms with Crippen molar-refractivity contribution in [2.24, 2.45) is 18.8 Å². The number of esters is 1. The Bertz CT molecular complexity index is 555. The molecule has 0 amide bonds. The van der Waals surface area contributed by atoms with Gasteiger partial charge in [0, 0.05) is 30.3 Å². The highest BCUT2D eigenvalue weighted by Gasteiger charge is 2.35. The molecule has 1 aliphatic rings. The first kappa shape index (κ1) is 5.14. The lowest BCUT2D eigenvalue weighted by Gasteiger charge is -2.12. The SMILES string of the molecule is [2H]C1([2H])OC(=O)[C@@]([2H])(CC)[C@H]1Cc1cncn1C([2H])([2H])[2H]. The molecule has 0 N–H and O–H groups in total. The predicted molar refractivity (Wildman–Crippen MR) is 55.1 cm³/mol. The van der Waals surface area contributed by atoms with Crippen LogP contribution in [0.5, 0.6) is 0 Å². The van der Waals surface area contributed by atoms with Crippen LogP contribution in [0, 0.1) is 11.8 Å². The van der Waals surface area contributed by atoms with E-state index in [0.29, 0.717) is 0 Å². The quantitative estimate of drug-likeness (QED) is 0.709. The third-order valence-electron chi connectivity index (χ3n) is 2.49. The van der Waals surface area contributed by atoms with Gasteiger partial charge in [-0.05, 0) is 12.8 Å². The Hall–Kier alpha value is -1.32. The fourth-order valence-corrected chi connectivity index (χ4v) is 1.64. The van der Waals surface area contributed by atoms with E-state index in [9.17, 15) is 4.79 Å². The van der Waals surface area contributed by atoms with Gasteiger partial charge in [-0.3, -0.25) is 4.79 Å². The molecule has 0 bridgehead atoms. The zero-order valence-corrected chi connectivity index (χ0v) is 8.36. The summed E-state index contributed by atoms with van der Waals surface area (Å²) in [6.45, 7) is -3.15. The van der Waals surface area contributed by atoms with Crippen molar-refractivity contribution >= 4 is 5.97 Å². The summed E-state index contributed by atoms with van der Waals surface area (Å²) in [5.41, 5.74) is 0.243. The first-order valence-corrected chi connectivity index (χ1v) is 4.77. The zero-order chi connectivity index (χ0) is 16.1. The maximum atomic E-state index is 11.8. The third kappa shape index (κ3) is 1.89. The van der Waals surface area contributed by atoms with E-state index < -0.39 is 31.3 Å². The van der Waals surface area contributed by atoms with Gasteiger partial charge in [0.1, 0.15) is 0 Å². The highest BCUT2D eigenvalue weighted by atomic mass is 16.5. The number of hydrogen-bond donors (Lipinski definition) is 0. The molecular formula is C11H16N2O2. The molecule has 2 rings (SSSR count). The van der Waals surface area contributed by atoms with Crippen LogP contribution >= 0.6 is 0 Å². The molecular weight excluding hydrogens is 192 g/mol. The van der Waals surface area contributed by atoms with Crippen molar-refractivity contribution < 1.29 is 17.8 Å². The van der Waals surface area contributed by atoms with Crippen molar-refractivity contribution in [2.45, 2.75) is 19.8 Å². The van der Waals surface area contributed by atoms with Gasteiger partial charge >= 0.3 is 5.97 Å². The van der Waals surface area contributed by atoms with Crippen molar-refractivity contribution in [3.63, 3.8) is 0 Å². The van der Waals surface area contributed by atoms with E-state index in [0.717, 1.165) is 10.9 Å². The summed E-state index contributed by atoms with van der Waals surface area (Å²) in [6.07, 6.45) is 2.40. The van der Waals surface area contributed by atoms with Crippen LogP contribution in [0.1, 0.15) is 27.3 Å². The summed E-state index contributed by atoms with van der Waals surface area (Å²) >= 11 is 0. The van der Waals surface area contributed by atoms with Crippen LogP contribution < -0.4 is 0 Å². The Kier molecular flexibility index (Phi) is 1.39. The number of rotatable bonds is 3. The van der Waals surface area contributed by atoms with Crippen LogP contribution in [0.2, 0.25) is 0 Å². The lowest BCUT2D eigenvalue weighted by Crippen LogP contribution is -2.18. The molecule has 0 aromatic carbocycles. The highest BCUT2D eigenvalue weighted by Crippen LogP contribution is 2.27. The van der Waals surface area contributed by atoms with Crippen molar-refractivity contribution in [1.82, 2.24) is 9.55 Å². The van der Waals surface area contributed by atoms with Crippen molar-refractivity contribution in [2.75, 3.05) is 6.56 Å². The van der Waals surface area contributed by atoms with Crippen LogP contribution in [-0.2, 0) is 22.9 Å². The number of nitrogens with zero attached hydrogens (tertiary/aromatic N) is 2. The van der Waals surface area contributed by atoms with Gasteiger partial charge in [0.2, 0.25) is 0 Å².